The highest BCUT2D eigenvalue weighted by molar-refractivity contribution is 9.10. The topological polar surface area (TPSA) is 95.3 Å². The van der Waals surface area contributed by atoms with Crippen LogP contribution in [0.3, 0.4) is 0 Å². The molecule has 134 valence electrons. The second-order valence-electron chi connectivity index (χ2n) is 5.22. The van der Waals surface area contributed by atoms with Gasteiger partial charge in [-0.1, -0.05) is 15.9 Å². The number of aromatic hydroxyl groups is 1. The van der Waals surface area contributed by atoms with Gasteiger partial charge in [-0.25, -0.2) is 14.8 Å². The van der Waals surface area contributed by atoms with E-state index in [1.165, 1.54) is 12.1 Å². The molecule has 0 radical (unpaired) electrons. The van der Waals surface area contributed by atoms with E-state index in [1.54, 1.807) is 12.1 Å². The van der Waals surface area contributed by atoms with Crippen molar-refractivity contribution in [3.05, 3.63) is 52.3 Å². The van der Waals surface area contributed by atoms with Gasteiger partial charge in [0.05, 0.1) is 5.52 Å². The lowest BCUT2D eigenvalue weighted by Crippen LogP contribution is -2.12. The van der Waals surface area contributed by atoms with Crippen molar-refractivity contribution >= 4 is 44.3 Å². The summed E-state index contributed by atoms with van der Waals surface area (Å²) in [6, 6.07) is 8.03. The van der Waals surface area contributed by atoms with Crippen molar-refractivity contribution in [1.82, 2.24) is 9.97 Å². The number of benzene rings is 2. The molecule has 0 spiro atoms. The first kappa shape index (κ1) is 17.9. The lowest BCUT2D eigenvalue weighted by Gasteiger charge is -2.13. The number of hydrogen-bond acceptors (Lipinski definition) is 5. The van der Waals surface area contributed by atoms with Crippen LogP contribution in [0.25, 0.3) is 10.9 Å². The summed E-state index contributed by atoms with van der Waals surface area (Å²) in [5.41, 5.74) is -0.0909. The summed E-state index contributed by atoms with van der Waals surface area (Å²) in [4.78, 5) is 18.0. The minimum absolute atomic E-state index is 0.0735. The summed E-state index contributed by atoms with van der Waals surface area (Å²) in [7, 11) is 0. The third-order valence-corrected chi connectivity index (χ3v) is 3.90. The van der Waals surface area contributed by atoms with Gasteiger partial charge in [0.2, 0.25) is 5.82 Å². The molecule has 3 aromatic rings. The third kappa shape index (κ3) is 3.54. The fourth-order valence-corrected chi connectivity index (χ4v) is 2.61. The number of nitrogens with one attached hydrogen (secondary N) is 1. The van der Waals surface area contributed by atoms with E-state index in [-0.39, 0.29) is 22.6 Å². The highest BCUT2D eigenvalue weighted by Gasteiger charge is 2.35. The van der Waals surface area contributed by atoms with Gasteiger partial charge < -0.3 is 15.5 Å². The average Bonchev–Trinajstić information content (AvgIpc) is 2.54. The molecule has 1 aromatic heterocycles. The predicted octanol–water partition coefficient (Wildman–Crippen LogP) is 4.56. The Kier molecular flexibility index (Phi) is 4.45. The predicted molar refractivity (Wildman–Crippen MR) is 90.6 cm³/mol. The smallest absolute Gasteiger partial charge is 0.451 e. The number of halogens is 4. The minimum Gasteiger partial charge on any atom is -0.507 e. The molecule has 2 aromatic carbocycles. The van der Waals surface area contributed by atoms with Gasteiger partial charge in [-0.3, -0.25) is 0 Å². The van der Waals surface area contributed by atoms with Crippen LogP contribution >= 0.6 is 15.9 Å². The Hall–Kier alpha value is -2.88. The van der Waals surface area contributed by atoms with Crippen molar-refractivity contribution in [1.29, 1.82) is 0 Å². The van der Waals surface area contributed by atoms with Crippen molar-refractivity contribution in [2.45, 2.75) is 6.18 Å². The van der Waals surface area contributed by atoms with E-state index in [1.807, 2.05) is 0 Å². The highest BCUT2D eigenvalue weighted by Crippen LogP contribution is 2.33. The lowest BCUT2D eigenvalue weighted by atomic mass is 10.1. The van der Waals surface area contributed by atoms with Crippen LogP contribution in [0.4, 0.5) is 24.7 Å². The van der Waals surface area contributed by atoms with Gasteiger partial charge in [0.25, 0.3) is 0 Å². The molecule has 0 saturated carbocycles. The first-order chi connectivity index (χ1) is 12.1. The Morgan fingerprint density at radius 1 is 1.12 bits per heavy atom. The molecule has 3 rings (SSSR count). The molecule has 0 fully saturated rings. The molecular formula is C16H9BrF3N3O3. The molecule has 6 nitrogen and oxygen atoms in total. The fraction of sp³-hybridized carbons (Fsp3) is 0.0625. The number of anilines is 2. The van der Waals surface area contributed by atoms with E-state index in [2.05, 4.69) is 31.2 Å². The second-order valence-corrected chi connectivity index (χ2v) is 6.13. The summed E-state index contributed by atoms with van der Waals surface area (Å²) < 4.78 is 39.8. The molecule has 26 heavy (non-hydrogen) atoms. The summed E-state index contributed by atoms with van der Waals surface area (Å²) in [5, 5.41) is 21.6. The maximum atomic E-state index is 13.1. The van der Waals surface area contributed by atoms with Gasteiger partial charge in [-0.2, -0.15) is 13.2 Å². The van der Waals surface area contributed by atoms with E-state index in [0.717, 1.165) is 12.1 Å². The lowest BCUT2D eigenvalue weighted by molar-refractivity contribution is -0.144. The van der Waals surface area contributed by atoms with Crippen molar-refractivity contribution in [2.75, 3.05) is 5.32 Å². The van der Waals surface area contributed by atoms with Crippen LogP contribution in [0.5, 0.6) is 5.75 Å². The SMILES string of the molecule is O=C(O)c1ccc(Nc2nc(C(F)(F)F)nc3ccc(Br)cc23)cc1O. The molecule has 0 aliphatic rings. The molecular weight excluding hydrogens is 419 g/mol. The number of carbonyl (C=O) groups is 1. The fourth-order valence-electron chi connectivity index (χ4n) is 2.25. The first-order valence-corrected chi connectivity index (χ1v) is 7.82. The first-order valence-electron chi connectivity index (χ1n) is 7.03. The van der Waals surface area contributed by atoms with Crippen LogP contribution in [0.1, 0.15) is 16.2 Å². The summed E-state index contributed by atoms with van der Waals surface area (Å²) in [5.74, 6) is -3.31. The van der Waals surface area contributed by atoms with Crippen LogP contribution in [0.2, 0.25) is 0 Å². The zero-order valence-electron chi connectivity index (χ0n) is 12.7. The maximum absolute atomic E-state index is 13.1. The summed E-state index contributed by atoms with van der Waals surface area (Å²) in [6.07, 6.45) is -4.74. The number of alkyl halides is 3. The molecule has 0 aliphatic carbocycles. The highest BCUT2D eigenvalue weighted by atomic mass is 79.9. The number of nitrogens with zero attached hydrogens (tertiary/aromatic N) is 2. The standard InChI is InChI=1S/C16H9BrF3N3O3/c17-7-1-4-11-10(5-7)13(23-15(22-11)16(18,19)20)21-8-2-3-9(14(25)26)12(24)6-8/h1-6,24H,(H,25,26)(H,21,22,23). The largest absolute Gasteiger partial charge is 0.507 e. The number of hydrogen-bond donors (Lipinski definition) is 3. The van der Waals surface area contributed by atoms with Crippen LogP contribution in [0.15, 0.2) is 40.9 Å². The number of rotatable bonds is 3. The molecule has 0 atom stereocenters. The number of aromatic carboxylic acids is 1. The van der Waals surface area contributed by atoms with E-state index in [0.29, 0.717) is 9.86 Å². The summed E-state index contributed by atoms with van der Waals surface area (Å²) >= 11 is 3.24. The molecule has 0 bridgehead atoms. The van der Waals surface area contributed by atoms with Gasteiger partial charge in [0, 0.05) is 21.6 Å². The molecule has 0 saturated heterocycles. The van der Waals surface area contributed by atoms with Gasteiger partial charge in [0.15, 0.2) is 0 Å². The normalized spacial score (nSPS) is 11.5. The third-order valence-electron chi connectivity index (χ3n) is 3.40. The van der Waals surface area contributed by atoms with Gasteiger partial charge in [-0.15, -0.1) is 0 Å². The Morgan fingerprint density at radius 2 is 1.85 bits per heavy atom. The Balaban J connectivity index is 2.12. The van der Waals surface area contributed by atoms with E-state index < -0.39 is 23.7 Å². The van der Waals surface area contributed by atoms with Crippen molar-refractivity contribution in [2.24, 2.45) is 0 Å². The minimum atomic E-state index is -4.74. The van der Waals surface area contributed by atoms with Gasteiger partial charge in [-0.05, 0) is 30.3 Å². The van der Waals surface area contributed by atoms with Crippen LogP contribution < -0.4 is 5.32 Å². The Labute approximate surface area is 152 Å². The quantitative estimate of drug-likeness (QED) is 0.567. The Morgan fingerprint density at radius 3 is 2.46 bits per heavy atom. The maximum Gasteiger partial charge on any atom is 0.451 e. The van der Waals surface area contributed by atoms with E-state index >= 15 is 0 Å². The number of carboxylic acid groups (broad SMARTS) is 1. The van der Waals surface area contributed by atoms with E-state index in [4.69, 9.17) is 5.11 Å². The molecule has 3 N–H and O–H groups in total. The second kappa shape index (κ2) is 6.45. The monoisotopic (exact) mass is 427 g/mol. The number of fused-ring (bicyclic) bond motifs is 1. The number of aromatic nitrogens is 2. The Bertz CT molecular complexity index is 1020. The van der Waals surface area contributed by atoms with Gasteiger partial charge >= 0.3 is 12.1 Å². The molecule has 10 heteroatoms. The average molecular weight is 428 g/mol. The zero-order chi connectivity index (χ0) is 19.1. The zero-order valence-corrected chi connectivity index (χ0v) is 14.3. The van der Waals surface area contributed by atoms with E-state index in [9.17, 15) is 23.1 Å². The number of carboxylic acids is 1. The van der Waals surface area contributed by atoms with Crippen molar-refractivity contribution in [3.8, 4) is 5.75 Å². The van der Waals surface area contributed by atoms with Crippen LogP contribution in [0, 0.1) is 0 Å². The van der Waals surface area contributed by atoms with Crippen molar-refractivity contribution < 1.29 is 28.2 Å². The van der Waals surface area contributed by atoms with Crippen LogP contribution in [-0.4, -0.2) is 26.2 Å². The molecule has 0 amide bonds. The molecule has 1 heterocycles. The van der Waals surface area contributed by atoms with Crippen molar-refractivity contribution in [3.63, 3.8) is 0 Å². The molecule has 0 unspecified atom stereocenters. The van der Waals surface area contributed by atoms with Crippen LogP contribution in [-0.2, 0) is 6.18 Å². The number of phenols is 1. The summed E-state index contributed by atoms with van der Waals surface area (Å²) in [6.45, 7) is 0. The molecule has 0 aliphatic heterocycles. The van der Waals surface area contributed by atoms with Gasteiger partial charge in [0.1, 0.15) is 17.1 Å².